The number of halogens is 3. The Hall–Kier alpha value is -4.83. The monoisotopic (exact) mass is 2000 g/mol. The van der Waals surface area contributed by atoms with Crippen LogP contribution in [0.3, 0.4) is 0 Å². The number of terminal acetylenes is 6. The van der Waals surface area contributed by atoms with Gasteiger partial charge in [-0.1, -0.05) is 76.6 Å². The first-order valence-electron chi connectivity index (χ1n) is 26.9. The number of carbonyl (C=O) groups excluding carboxylic acids is 7. The van der Waals surface area contributed by atoms with Crippen LogP contribution in [0.2, 0.25) is 0 Å². The molecule has 0 saturated carbocycles. The van der Waals surface area contributed by atoms with Gasteiger partial charge in [-0.15, -0.1) is 38.5 Å². The summed E-state index contributed by atoms with van der Waals surface area (Å²) in [5.74, 6) is 68.3. The van der Waals surface area contributed by atoms with Gasteiger partial charge in [0.1, 0.15) is 41.4 Å². The topological polar surface area (TPSA) is 519 Å². The summed E-state index contributed by atoms with van der Waals surface area (Å²) in [6.45, 7) is 7.14. The maximum absolute atomic E-state index is 10.7. The minimum atomic E-state index is -2.00. The first-order valence-corrected chi connectivity index (χ1v) is 31.3. The number of carboxylic acids is 1. The minimum Gasteiger partial charge on any atom is -1.00 e. The molecule has 0 aliphatic carbocycles. The molecule has 0 spiro atoms. The maximum Gasteiger partial charge on any atom is 1.00 e. The minimum absolute atomic E-state index is 0. The van der Waals surface area contributed by atoms with Gasteiger partial charge in [0.05, 0.1) is 52.7 Å². The number of β-amino-alcohol motifs (C(OH)–C–C–N with tert-alkyl or cyclic N) is 1. The van der Waals surface area contributed by atoms with E-state index in [0.717, 1.165) is 13.7 Å². The number of alkyl halides is 3. The second kappa shape index (κ2) is 112. The molecule has 31 nitrogen and oxygen atoms in total. The number of morpholine rings is 1. The first-order chi connectivity index (χ1) is 50.3. The van der Waals surface area contributed by atoms with Crippen molar-refractivity contribution >= 4 is 112 Å². The van der Waals surface area contributed by atoms with Gasteiger partial charge in [0.15, 0.2) is 18.3 Å². The van der Waals surface area contributed by atoms with Crippen LogP contribution in [-0.2, 0) is 89.2 Å². The van der Waals surface area contributed by atoms with Crippen LogP contribution in [0, 0.1) is 216 Å². The van der Waals surface area contributed by atoms with Crippen LogP contribution < -0.4 is 245 Å². The fourth-order valence-corrected chi connectivity index (χ4v) is 5.89. The van der Waals surface area contributed by atoms with E-state index >= 15 is 0 Å². The van der Waals surface area contributed by atoms with Crippen molar-refractivity contribution in [3.63, 3.8) is 0 Å². The molecule has 12 atom stereocenters. The molecular weight excluding hydrogens is 1940 g/mol. The number of nitrogens with zero attached hydrogens (tertiary/aromatic N) is 6. The first kappa shape index (κ1) is 136. The number of carbonyl (C=O) groups is 7. The maximum atomic E-state index is 10.7. The Morgan fingerprint density at radius 1 is 0.661 bits per heavy atom. The fourth-order valence-electron chi connectivity index (χ4n) is 4.14. The molecule has 10 N–H and O–H groups in total. The average molecular weight is 2010 g/mol. The van der Waals surface area contributed by atoms with Gasteiger partial charge in [-0.05, 0) is 187 Å². The van der Waals surface area contributed by atoms with E-state index in [1.807, 2.05) is 0 Å². The van der Waals surface area contributed by atoms with Gasteiger partial charge in [-0.25, -0.2) is 9.59 Å². The number of methoxy groups -OCH3 is 3. The summed E-state index contributed by atoms with van der Waals surface area (Å²) in [4.78, 5) is 77.0. The largest absolute Gasteiger partial charge is 1.00 e. The normalized spacial score (nSPS) is 15.5. The Bertz CT molecular complexity index is 3800. The number of nitrogens with one attached hydrogen (secondary N) is 2. The molecule has 5 rings (SSSR count). The van der Waals surface area contributed by atoms with Gasteiger partial charge >= 0.3 is 237 Å². The smallest absolute Gasteiger partial charge is 1.00 e. The number of fused-ring (bicyclic) bond motifs is 1. The molecule has 5 aliphatic heterocycles. The van der Waals surface area contributed by atoms with E-state index in [9.17, 15) is 33.9 Å². The number of rotatable bonds is 12. The molecule has 109 heavy (non-hydrogen) atoms. The Labute approximate surface area is 854 Å². The van der Waals surface area contributed by atoms with E-state index in [1.54, 1.807) is 27.7 Å². The van der Waals surface area contributed by atoms with E-state index in [4.69, 9.17) is 116 Å². The second-order valence-electron chi connectivity index (χ2n) is 15.3. The Kier molecular flexibility index (Phi) is 140. The number of amides is 2. The summed E-state index contributed by atoms with van der Waals surface area (Å²) in [7, 11) is 4.92. The van der Waals surface area contributed by atoms with Crippen molar-refractivity contribution in [2.75, 3.05) is 65.3 Å². The van der Waals surface area contributed by atoms with Gasteiger partial charge in [-0.2, -0.15) is 0 Å². The van der Waals surface area contributed by atoms with Crippen LogP contribution in [0.15, 0.2) is 5.11 Å². The number of epoxide rings is 3. The van der Waals surface area contributed by atoms with Crippen molar-refractivity contribution in [2.24, 2.45) is 10.8 Å². The Balaban J connectivity index is -0.0000000683. The van der Waals surface area contributed by atoms with Crippen LogP contribution in [0.1, 0.15) is 29.1 Å². The molecular formula is C69H66Br3Cs2KN9NaO22S2. The zero-order valence-corrected chi connectivity index (χ0v) is 84.7. The fraction of sp³-hybridized carbons (Fsp3) is 0.377. The number of aliphatic carboxylic acids is 1. The zero-order valence-electron chi connectivity index (χ0n) is 61.6. The van der Waals surface area contributed by atoms with Crippen LogP contribution in [0.4, 0.5) is 0 Å². The average Bonchev–Trinajstić information content (AvgIpc) is 1.64. The summed E-state index contributed by atoms with van der Waals surface area (Å²) in [5, 5.41) is 77.0. The molecule has 0 bridgehead atoms. The summed E-state index contributed by atoms with van der Waals surface area (Å²) < 4.78 is 27.8. The van der Waals surface area contributed by atoms with Crippen molar-refractivity contribution in [3.05, 3.63) is 26.4 Å². The number of ether oxygens (including phenoxy) is 6. The third-order valence-corrected chi connectivity index (χ3v) is 10.9. The van der Waals surface area contributed by atoms with E-state index in [-0.39, 0.29) is 281 Å². The summed E-state index contributed by atoms with van der Waals surface area (Å²) in [5.41, 5.74) is 26.6. The molecule has 556 valence electrons. The van der Waals surface area contributed by atoms with Gasteiger partial charge in [0, 0.05) is 58.1 Å². The number of hydrogen-bond acceptors (Lipinski definition) is 26. The molecule has 0 unspecified atom stereocenters. The number of hydrogen-bond donors (Lipinski definition) is 9. The van der Waals surface area contributed by atoms with Gasteiger partial charge in [0.2, 0.25) is 5.91 Å². The SMILES string of the molecule is C#CC#CC#C.C#CC#CC#CC.C#CC#CC#CC#CC.C#CC#CC#CC#CC#C.CC#CC#CC#CC.CO.COC(=O)[C@@H](Br)[C@H](O)CBr.COC(=O)[C@@H]1O[C@@H]1CBr.COC(=O)[C@@H]1O[C@@H]1CN=[N+]=[N-].N[C@@H]1C(=O)NC[C@H]1O.O=C([O-])[C@H](O)[C@H](O)CO.O=C1NC[C@H]2O[C@@H]12.O=CO[O-].S=S.[Cs+].[Cs+].[H-].[K+].[N-]=[N+]=[N-].[Na+]. The molecule has 0 radical (unpaired) electrons. The predicted molar refractivity (Wildman–Crippen MR) is 397 cm³/mol. The molecule has 0 aromatic heterocycles. The zero-order chi connectivity index (χ0) is 83.0. The van der Waals surface area contributed by atoms with Gasteiger partial charge in [0.25, 0.3) is 12.4 Å². The number of azide groups is 1. The van der Waals surface area contributed by atoms with E-state index < -0.39 is 65.9 Å². The van der Waals surface area contributed by atoms with Crippen molar-refractivity contribution in [1.82, 2.24) is 10.6 Å². The number of nitrogens with two attached hydrogens (primary N) is 1. The third-order valence-electron chi connectivity index (χ3n) is 8.65. The van der Waals surface area contributed by atoms with Crippen molar-refractivity contribution in [1.29, 1.82) is 0 Å². The predicted octanol–water partition coefficient (Wildman–Crippen LogP) is -15.7. The van der Waals surface area contributed by atoms with E-state index in [2.05, 4.69) is 288 Å². The molecule has 5 heterocycles. The van der Waals surface area contributed by atoms with E-state index in [1.165, 1.54) is 26.2 Å². The number of aliphatic hydroxyl groups excluding tert-OH is 6. The standard InChI is InChI=1S/C10H2.C9H4.C8H6.C7H4.C6H2.C5H8Br2O3.C5H7BrO3.C5H7N3O3.C4H8N2O2.C4H5NO2.C4H8O5.CH2O3.CH4O.2Cs.K.N3.Na.S2.H/c1-3-5-7-9-10-8-6-4-2;1-3-5-7-9-8-6-4-2;1-3-5-7-8-6-4-2;1-3-5-7-6-4-2;1-3-5-6-4-2;1-10-5(9)4(7)3(8)2-6;1-8-5(7)4-3(2-6)9-4;1-10-5(9)4-3(11-4)2-7-8-6;5-3-2(7)1-6-4(3)8;6-4-3-2(7-3)1-5-4;5-1-2(6)3(7)4(8)9;2-1-4-3;1-2;;;;1-3-2;;1-2;/h1-2H;1H,2H3;1-2H3;1H,2H3;1-2H;3-4,8H,2H2,1H3;3-4H,2H2,1H3;3-4H,2H2,1H3;2-3,7H,1,5H2,(H,6,8);2-3H,1H2,(H,5,6);2-3,5-7H,1H2,(H,8,9);1,3H;2H,1H3;;;;;;;/q;;;;;;;;;;;;;3*+1;-1;+1;;-1/p-2/t;;;;;3-,4+;2*3-,4-;2-,3+;2*2-,3-;;;;;;;;;/m.....111111........./s1. The van der Waals surface area contributed by atoms with Crippen LogP contribution >= 0.6 is 47.8 Å². The van der Waals surface area contributed by atoms with Gasteiger partial charge in [-0.3, -0.25) is 24.1 Å². The molecule has 40 heteroatoms. The summed E-state index contributed by atoms with van der Waals surface area (Å²) >= 11 is 16.5. The van der Waals surface area contributed by atoms with Gasteiger partial charge < -0.3 is 108 Å². The van der Waals surface area contributed by atoms with Crippen LogP contribution in [0.5, 0.6) is 0 Å². The number of carboxylic acid groups (broad SMARTS) is 1. The van der Waals surface area contributed by atoms with E-state index in [0.29, 0.717) is 17.2 Å². The molecule has 0 aromatic rings. The molecule has 5 fully saturated rings. The molecule has 0 aromatic carbocycles. The molecule has 2 amide bonds. The summed E-state index contributed by atoms with van der Waals surface area (Å²) in [6, 6.07) is -0.713. The van der Waals surface area contributed by atoms with Crippen LogP contribution in [-0.4, -0.2) is 210 Å². The Morgan fingerprint density at radius 3 is 1.17 bits per heavy atom. The van der Waals surface area contributed by atoms with Crippen LogP contribution in [0.25, 0.3) is 26.4 Å². The van der Waals surface area contributed by atoms with Crippen molar-refractivity contribution < 1.29 is 328 Å². The second-order valence-corrected chi connectivity index (χ2v) is 17.6. The Morgan fingerprint density at radius 2 is 0.982 bits per heavy atom. The molecule has 5 saturated heterocycles. The number of aliphatic hydroxyl groups is 6. The quantitative estimate of drug-likeness (QED) is 0.00712. The van der Waals surface area contributed by atoms with Crippen molar-refractivity contribution in [3.8, 4) is 216 Å². The number of esters is 3. The molecule has 5 aliphatic rings. The van der Waals surface area contributed by atoms with Crippen molar-refractivity contribution in [2.45, 2.75) is 99.6 Å². The third kappa shape index (κ3) is 103. The summed E-state index contributed by atoms with van der Waals surface area (Å²) in [6.07, 6.45) is 22.6.